The number of methoxy groups -OCH3 is 2. The zero-order valence-corrected chi connectivity index (χ0v) is 11.1. The quantitative estimate of drug-likeness (QED) is 0.810. The second kappa shape index (κ2) is 6.00. The monoisotopic (exact) mass is 258 g/mol. The summed E-state index contributed by atoms with van der Waals surface area (Å²) in [7, 11) is 3.29. The van der Waals surface area contributed by atoms with E-state index in [-0.39, 0.29) is 0 Å². The summed E-state index contributed by atoms with van der Waals surface area (Å²) in [6, 6.07) is 13.5. The predicted octanol–water partition coefficient (Wildman–Crippen LogP) is 2.90. The Bertz CT molecular complexity index is 556. The number of anilines is 2. The Morgan fingerprint density at radius 1 is 1.05 bits per heavy atom. The van der Waals surface area contributed by atoms with Crippen molar-refractivity contribution < 1.29 is 9.47 Å². The Balaban J connectivity index is 2.12. The van der Waals surface area contributed by atoms with Gasteiger partial charge in [-0.2, -0.15) is 0 Å². The van der Waals surface area contributed by atoms with Crippen molar-refractivity contribution in [2.75, 3.05) is 25.3 Å². The molecule has 0 unspecified atom stereocenters. The highest BCUT2D eigenvalue weighted by molar-refractivity contribution is 5.59. The molecule has 4 nitrogen and oxygen atoms in total. The van der Waals surface area contributed by atoms with Crippen LogP contribution < -0.4 is 20.5 Å². The number of ether oxygens (including phenoxy) is 2. The number of hydrogen-bond acceptors (Lipinski definition) is 4. The second-order valence-corrected chi connectivity index (χ2v) is 4.16. The number of nitrogen functional groups attached to an aromatic ring is 1. The summed E-state index contributed by atoms with van der Waals surface area (Å²) in [5, 5.41) is 3.31. The summed E-state index contributed by atoms with van der Waals surface area (Å²) in [6.07, 6.45) is 0. The first kappa shape index (κ1) is 13.1. The van der Waals surface area contributed by atoms with Gasteiger partial charge < -0.3 is 20.5 Å². The Kier molecular flexibility index (Phi) is 4.13. The lowest BCUT2D eigenvalue weighted by Gasteiger charge is -2.12. The fourth-order valence-electron chi connectivity index (χ4n) is 1.89. The first-order valence-corrected chi connectivity index (χ1v) is 6.03. The van der Waals surface area contributed by atoms with Crippen LogP contribution in [0.2, 0.25) is 0 Å². The SMILES string of the molecule is COc1cc(N)cc(NCc2ccccc2OC)c1. The van der Waals surface area contributed by atoms with E-state index in [0.717, 1.165) is 22.7 Å². The summed E-state index contributed by atoms with van der Waals surface area (Å²) < 4.78 is 10.5. The fourth-order valence-corrected chi connectivity index (χ4v) is 1.89. The van der Waals surface area contributed by atoms with Crippen LogP contribution in [-0.2, 0) is 6.54 Å². The van der Waals surface area contributed by atoms with Gasteiger partial charge in [-0.05, 0) is 12.1 Å². The molecule has 0 saturated heterocycles. The Morgan fingerprint density at radius 2 is 1.84 bits per heavy atom. The molecule has 2 rings (SSSR count). The fraction of sp³-hybridized carbons (Fsp3) is 0.200. The number of nitrogens with two attached hydrogens (primary N) is 1. The van der Waals surface area contributed by atoms with Crippen LogP contribution in [0.1, 0.15) is 5.56 Å². The van der Waals surface area contributed by atoms with Crippen LogP contribution in [0.5, 0.6) is 11.5 Å². The highest BCUT2D eigenvalue weighted by atomic mass is 16.5. The molecular weight excluding hydrogens is 240 g/mol. The first-order valence-electron chi connectivity index (χ1n) is 6.03. The molecule has 2 aromatic rings. The van der Waals surface area contributed by atoms with Crippen molar-refractivity contribution >= 4 is 11.4 Å². The molecule has 0 bridgehead atoms. The van der Waals surface area contributed by atoms with E-state index in [2.05, 4.69) is 5.32 Å². The minimum absolute atomic E-state index is 0.663. The van der Waals surface area contributed by atoms with Crippen molar-refractivity contribution in [3.05, 3.63) is 48.0 Å². The molecule has 0 spiro atoms. The van der Waals surface area contributed by atoms with E-state index < -0.39 is 0 Å². The maximum atomic E-state index is 5.82. The smallest absolute Gasteiger partial charge is 0.123 e. The van der Waals surface area contributed by atoms with Gasteiger partial charge in [0.2, 0.25) is 0 Å². The van der Waals surface area contributed by atoms with Gasteiger partial charge in [-0.1, -0.05) is 18.2 Å². The number of rotatable bonds is 5. The van der Waals surface area contributed by atoms with Gasteiger partial charge in [0.25, 0.3) is 0 Å². The van der Waals surface area contributed by atoms with Gasteiger partial charge in [0.15, 0.2) is 0 Å². The molecule has 100 valence electrons. The normalized spacial score (nSPS) is 10.0. The van der Waals surface area contributed by atoms with Crippen LogP contribution in [0.15, 0.2) is 42.5 Å². The minimum Gasteiger partial charge on any atom is -0.497 e. The van der Waals surface area contributed by atoms with Crippen LogP contribution in [-0.4, -0.2) is 14.2 Å². The largest absolute Gasteiger partial charge is 0.497 e. The van der Waals surface area contributed by atoms with E-state index >= 15 is 0 Å². The Labute approximate surface area is 113 Å². The average Bonchev–Trinajstić information content (AvgIpc) is 2.44. The lowest BCUT2D eigenvalue weighted by Crippen LogP contribution is -2.02. The molecule has 0 heterocycles. The molecule has 0 saturated carbocycles. The van der Waals surface area contributed by atoms with Crippen LogP contribution >= 0.6 is 0 Å². The summed E-state index contributed by atoms with van der Waals surface area (Å²) in [6.45, 7) is 0.663. The van der Waals surface area contributed by atoms with Crippen LogP contribution in [0.25, 0.3) is 0 Å². The van der Waals surface area contributed by atoms with E-state index in [1.165, 1.54) is 0 Å². The van der Waals surface area contributed by atoms with Crippen molar-refractivity contribution in [3.8, 4) is 11.5 Å². The zero-order valence-electron chi connectivity index (χ0n) is 11.1. The molecule has 2 aromatic carbocycles. The molecule has 19 heavy (non-hydrogen) atoms. The highest BCUT2D eigenvalue weighted by Gasteiger charge is 2.03. The Morgan fingerprint density at radius 3 is 2.58 bits per heavy atom. The van der Waals surface area contributed by atoms with Crippen molar-refractivity contribution in [1.29, 1.82) is 0 Å². The van der Waals surface area contributed by atoms with Gasteiger partial charge in [-0.25, -0.2) is 0 Å². The predicted molar refractivity (Wildman–Crippen MR) is 77.7 cm³/mol. The number of nitrogens with one attached hydrogen (secondary N) is 1. The van der Waals surface area contributed by atoms with Crippen LogP contribution in [0.3, 0.4) is 0 Å². The van der Waals surface area contributed by atoms with Crippen LogP contribution in [0.4, 0.5) is 11.4 Å². The highest BCUT2D eigenvalue weighted by Crippen LogP contribution is 2.24. The lowest BCUT2D eigenvalue weighted by atomic mass is 10.2. The number of hydrogen-bond donors (Lipinski definition) is 2. The third-order valence-electron chi connectivity index (χ3n) is 2.84. The molecular formula is C15H18N2O2. The van der Waals surface area contributed by atoms with Crippen molar-refractivity contribution in [2.45, 2.75) is 6.54 Å². The first-order chi connectivity index (χ1) is 9.22. The van der Waals surface area contributed by atoms with Gasteiger partial charge in [0.05, 0.1) is 14.2 Å². The molecule has 4 heteroatoms. The molecule has 0 aliphatic carbocycles. The maximum Gasteiger partial charge on any atom is 0.123 e. The molecule has 0 atom stereocenters. The summed E-state index contributed by atoms with van der Waals surface area (Å²) in [5.41, 5.74) is 8.49. The van der Waals surface area contributed by atoms with E-state index in [1.54, 1.807) is 20.3 Å². The molecule has 0 fully saturated rings. The van der Waals surface area contributed by atoms with Crippen molar-refractivity contribution in [2.24, 2.45) is 0 Å². The Hall–Kier alpha value is -2.36. The standard InChI is InChI=1S/C15H18N2O2/c1-18-14-8-12(16)7-13(9-14)17-10-11-5-3-4-6-15(11)19-2/h3-9,17H,10,16H2,1-2H3. The number of para-hydroxylation sites is 1. The topological polar surface area (TPSA) is 56.5 Å². The third-order valence-corrected chi connectivity index (χ3v) is 2.84. The lowest BCUT2D eigenvalue weighted by molar-refractivity contribution is 0.410. The molecule has 0 radical (unpaired) electrons. The summed E-state index contributed by atoms with van der Waals surface area (Å²) >= 11 is 0. The van der Waals surface area contributed by atoms with Crippen LogP contribution in [0, 0.1) is 0 Å². The summed E-state index contributed by atoms with van der Waals surface area (Å²) in [4.78, 5) is 0. The van der Waals surface area contributed by atoms with Crippen molar-refractivity contribution in [1.82, 2.24) is 0 Å². The van der Waals surface area contributed by atoms with Gasteiger partial charge in [-0.15, -0.1) is 0 Å². The molecule has 0 amide bonds. The average molecular weight is 258 g/mol. The molecule has 3 N–H and O–H groups in total. The maximum absolute atomic E-state index is 5.82. The molecule has 0 aliphatic rings. The second-order valence-electron chi connectivity index (χ2n) is 4.16. The van der Waals surface area contributed by atoms with E-state index in [4.69, 9.17) is 15.2 Å². The van der Waals surface area contributed by atoms with E-state index in [1.807, 2.05) is 36.4 Å². The summed E-state index contributed by atoms with van der Waals surface area (Å²) in [5.74, 6) is 1.60. The molecule has 0 aromatic heterocycles. The van der Waals surface area contributed by atoms with E-state index in [9.17, 15) is 0 Å². The van der Waals surface area contributed by atoms with Gasteiger partial charge in [-0.3, -0.25) is 0 Å². The van der Waals surface area contributed by atoms with Crippen molar-refractivity contribution in [3.63, 3.8) is 0 Å². The van der Waals surface area contributed by atoms with Gasteiger partial charge in [0.1, 0.15) is 11.5 Å². The number of benzene rings is 2. The minimum atomic E-state index is 0.663. The molecule has 0 aliphatic heterocycles. The zero-order chi connectivity index (χ0) is 13.7. The third kappa shape index (κ3) is 3.31. The van der Waals surface area contributed by atoms with Gasteiger partial charge in [0, 0.05) is 35.6 Å². The van der Waals surface area contributed by atoms with Gasteiger partial charge >= 0.3 is 0 Å². The van der Waals surface area contributed by atoms with E-state index in [0.29, 0.717) is 12.2 Å².